The number of nitrogen functional groups attached to an aromatic ring is 1. The number of anilines is 1. The number of hydrogen-bond donors (Lipinski definition) is 1. The summed E-state index contributed by atoms with van der Waals surface area (Å²) in [5.74, 6) is 0.547. The van der Waals surface area contributed by atoms with Crippen molar-refractivity contribution in [3.8, 4) is 11.1 Å². The van der Waals surface area contributed by atoms with Crippen LogP contribution >= 0.6 is 0 Å². The summed E-state index contributed by atoms with van der Waals surface area (Å²) < 4.78 is 0. The highest BCUT2D eigenvalue weighted by Crippen LogP contribution is 2.29. The smallest absolute Gasteiger partial charge is 0.171 e. The summed E-state index contributed by atoms with van der Waals surface area (Å²) in [6.07, 6.45) is 0.824. The van der Waals surface area contributed by atoms with Gasteiger partial charge >= 0.3 is 0 Å². The van der Waals surface area contributed by atoms with E-state index >= 15 is 0 Å². The van der Waals surface area contributed by atoms with Gasteiger partial charge in [0.2, 0.25) is 0 Å². The van der Waals surface area contributed by atoms with Crippen molar-refractivity contribution in [2.75, 3.05) is 12.8 Å². The highest BCUT2D eigenvalue weighted by Gasteiger charge is 2.15. The number of aryl methyl sites for hydroxylation is 1. The third-order valence-corrected chi connectivity index (χ3v) is 2.53. The minimum atomic E-state index is 0.547. The summed E-state index contributed by atoms with van der Waals surface area (Å²) >= 11 is 0. The lowest BCUT2D eigenvalue weighted by Crippen LogP contribution is -2.11. The van der Waals surface area contributed by atoms with Gasteiger partial charge in [0, 0.05) is 0 Å². The van der Waals surface area contributed by atoms with E-state index in [-0.39, 0.29) is 0 Å². The molecule has 2 N–H and O–H groups in total. The lowest BCUT2D eigenvalue weighted by Gasteiger charge is -2.02. The molecule has 0 atom stereocenters. The summed E-state index contributed by atoms with van der Waals surface area (Å²) in [5, 5.41) is 4.29. The predicted octanol–water partition coefficient (Wildman–Crippen LogP) is 1.75. The Morgan fingerprint density at radius 3 is 2.56 bits per heavy atom. The summed E-state index contributed by atoms with van der Waals surface area (Å²) in [6, 6.07) is 9.99. The van der Waals surface area contributed by atoms with Crippen molar-refractivity contribution in [3.63, 3.8) is 0 Å². The third-order valence-electron chi connectivity index (χ3n) is 2.53. The van der Waals surface area contributed by atoms with Crippen LogP contribution in [0.1, 0.15) is 12.6 Å². The minimum absolute atomic E-state index is 0.547. The van der Waals surface area contributed by atoms with Crippen molar-refractivity contribution in [2.24, 2.45) is 0 Å². The molecule has 0 radical (unpaired) electrons. The lowest BCUT2D eigenvalue weighted by atomic mass is 10.0. The zero-order valence-electron chi connectivity index (χ0n) is 9.47. The van der Waals surface area contributed by atoms with Crippen molar-refractivity contribution >= 4 is 5.82 Å². The van der Waals surface area contributed by atoms with Crippen molar-refractivity contribution in [3.05, 3.63) is 36.0 Å². The molecule has 16 heavy (non-hydrogen) atoms. The summed E-state index contributed by atoms with van der Waals surface area (Å²) in [4.78, 5) is 6.43. The Bertz CT molecular complexity index is 477. The first-order valence-electron chi connectivity index (χ1n) is 5.25. The van der Waals surface area contributed by atoms with E-state index in [0.717, 1.165) is 23.2 Å². The van der Waals surface area contributed by atoms with Gasteiger partial charge < -0.3 is 10.6 Å². The van der Waals surface area contributed by atoms with E-state index in [1.165, 1.54) is 4.85 Å². The summed E-state index contributed by atoms with van der Waals surface area (Å²) in [7, 11) is 1.55. The second-order valence-corrected chi connectivity index (χ2v) is 3.48. The first-order valence-corrected chi connectivity index (χ1v) is 5.25. The molecule has 2 aromatic rings. The molecule has 0 saturated carbocycles. The molecule has 84 valence electrons. The fourth-order valence-corrected chi connectivity index (χ4v) is 1.76. The Hall–Kier alpha value is -1.97. The van der Waals surface area contributed by atoms with Gasteiger partial charge in [-0.05, 0) is 12.0 Å². The van der Waals surface area contributed by atoms with E-state index in [1.54, 1.807) is 7.11 Å². The van der Waals surface area contributed by atoms with Crippen molar-refractivity contribution in [1.82, 2.24) is 9.94 Å². The van der Waals surface area contributed by atoms with Gasteiger partial charge in [-0.3, -0.25) is 0 Å². The number of hydrogen-bond acceptors (Lipinski definition) is 3. The highest BCUT2D eigenvalue weighted by atomic mass is 16.7. The van der Waals surface area contributed by atoms with Crippen LogP contribution in [0.3, 0.4) is 0 Å². The monoisotopic (exact) mass is 217 g/mol. The number of aromatic nitrogens is 2. The quantitative estimate of drug-likeness (QED) is 0.852. The third kappa shape index (κ3) is 1.62. The standard InChI is InChI=1S/C12H15N3O/c1-3-10-11(9-7-5-4-6-8-9)12(13)15(14-10)16-2/h4-8H,3,13H2,1-2H3. The minimum Gasteiger partial charge on any atom is -0.398 e. The van der Waals surface area contributed by atoms with E-state index in [4.69, 9.17) is 10.6 Å². The van der Waals surface area contributed by atoms with Crippen LogP contribution in [-0.4, -0.2) is 17.1 Å². The van der Waals surface area contributed by atoms with Crippen LogP contribution in [0.4, 0.5) is 5.82 Å². The summed E-state index contributed by atoms with van der Waals surface area (Å²) in [6.45, 7) is 2.05. The van der Waals surface area contributed by atoms with Gasteiger partial charge in [0.05, 0.1) is 11.3 Å². The fourth-order valence-electron chi connectivity index (χ4n) is 1.76. The highest BCUT2D eigenvalue weighted by molar-refractivity contribution is 5.76. The Labute approximate surface area is 94.6 Å². The molecule has 2 rings (SSSR count). The molecule has 4 heteroatoms. The second-order valence-electron chi connectivity index (χ2n) is 3.48. The summed E-state index contributed by atoms with van der Waals surface area (Å²) in [5.41, 5.74) is 8.98. The number of benzene rings is 1. The molecule has 4 nitrogen and oxygen atoms in total. The van der Waals surface area contributed by atoms with Crippen LogP contribution in [0.25, 0.3) is 11.1 Å². The molecule has 1 aromatic heterocycles. The van der Waals surface area contributed by atoms with E-state index in [2.05, 4.69) is 5.10 Å². The van der Waals surface area contributed by atoms with Gasteiger partial charge in [0.25, 0.3) is 0 Å². The molecule has 0 unspecified atom stereocenters. The Morgan fingerprint density at radius 1 is 1.31 bits per heavy atom. The largest absolute Gasteiger partial charge is 0.398 e. The van der Waals surface area contributed by atoms with Gasteiger partial charge in [0.1, 0.15) is 7.11 Å². The maximum Gasteiger partial charge on any atom is 0.171 e. The molecule has 0 spiro atoms. The fraction of sp³-hybridized carbons (Fsp3) is 0.250. The number of nitrogens with zero attached hydrogens (tertiary/aromatic N) is 2. The predicted molar refractivity (Wildman–Crippen MR) is 64.0 cm³/mol. The van der Waals surface area contributed by atoms with Crippen LogP contribution in [0.2, 0.25) is 0 Å². The van der Waals surface area contributed by atoms with Gasteiger partial charge in [-0.2, -0.15) is 0 Å². The van der Waals surface area contributed by atoms with Crippen LogP contribution in [-0.2, 0) is 6.42 Å². The molecule has 0 aliphatic heterocycles. The number of nitrogens with two attached hydrogens (primary N) is 1. The maximum atomic E-state index is 6.00. The number of rotatable bonds is 3. The van der Waals surface area contributed by atoms with Gasteiger partial charge in [-0.1, -0.05) is 42.1 Å². The molecule has 0 aliphatic rings. The van der Waals surface area contributed by atoms with E-state index in [1.807, 2.05) is 37.3 Å². The first-order chi connectivity index (χ1) is 7.77. The van der Waals surface area contributed by atoms with Crippen molar-refractivity contribution in [1.29, 1.82) is 0 Å². The van der Waals surface area contributed by atoms with E-state index in [9.17, 15) is 0 Å². The van der Waals surface area contributed by atoms with E-state index < -0.39 is 0 Å². The Kier molecular flexibility index (Phi) is 2.81. The normalized spacial score (nSPS) is 10.4. The van der Waals surface area contributed by atoms with Crippen molar-refractivity contribution < 1.29 is 4.84 Å². The molecular weight excluding hydrogens is 202 g/mol. The van der Waals surface area contributed by atoms with E-state index in [0.29, 0.717) is 5.82 Å². The van der Waals surface area contributed by atoms with Crippen LogP contribution < -0.4 is 10.6 Å². The zero-order chi connectivity index (χ0) is 11.5. The molecule has 0 saturated heterocycles. The lowest BCUT2D eigenvalue weighted by molar-refractivity contribution is 0.138. The van der Waals surface area contributed by atoms with Crippen molar-refractivity contribution in [2.45, 2.75) is 13.3 Å². The SMILES string of the molecule is CCc1nn(OC)c(N)c1-c1ccccc1. The molecule has 0 amide bonds. The molecule has 0 fully saturated rings. The molecular formula is C12H15N3O. The van der Waals surface area contributed by atoms with Crippen LogP contribution in [0.5, 0.6) is 0 Å². The van der Waals surface area contributed by atoms with Crippen LogP contribution in [0.15, 0.2) is 30.3 Å². The Balaban J connectivity index is 2.59. The van der Waals surface area contributed by atoms with Crippen LogP contribution in [0, 0.1) is 0 Å². The van der Waals surface area contributed by atoms with Gasteiger partial charge in [-0.15, -0.1) is 5.10 Å². The zero-order valence-corrected chi connectivity index (χ0v) is 9.47. The van der Waals surface area contributed by atoms with Gasteiger partial charge in [0.15, 0.2) is 5.82 Å². The first kappa shape index (κ1) is 10.5. The van der Waals surface area contributed by atoms with Gasteiger partial charge in [-0.25, -0.2) is 0 Å². The molecule has 0 aliphatic carbocycles. The molecule has 1 aromatic carbocycles. The molecule has 1 heterocycles. The second kappa shape index (κ2) is 4.26. The average molecular weight is 217 g/mol. The molecule has 0 bridgehead atoms. The Morgan fingerprint density at radius 2 is 2.00 bits per heavy atom. The maximum absolute atomic E-state index is 6.00. The topological polar surface area (TPSA) is 53.1 Å². The average Bonchev–Trinajstić information content (AvgIpc) is 2.66.